The first-order chi connectivity index (χ1) is 10.6. The molecule has 1 fully saturated rings. The monoisotopic (exact) mass is 291 g/mol. The van der Waals surface area contributed by atoms with E-state index in [0.29, 0.717) is 5.82 Å². The quantitative estimate of drug-likeness (QED) is 0.757. The highest BCUT2D eigenvalue weighted by atomic mass is 16.2. The van der Waals surface area contributed by atoms with Crippen LogP contribution in [0, 0.1) is 17.8 Å². The van der Waals surface area contributed by atoms with E-state index in [4.69, 9.17) is 0 Å². The van der Waals surface area contributed by atoms with Crippen LogP contribution in [0.1, 0.15) is 18.1 Å². The summed E-state index contributed by atoms with van der Waals surface area (Å²) in [5, 5.41) is 3.52. The summed E-state index contributed by atoms with van der Waals surface area (Å²) in [5.74, 6) is 6.90. The molecule has 1 aromatic heterocycles. The zero-order chi connectivity index (χ0) is 15.5. The lowest BCUT2D eigenvalue weighted by Crippen LogP contribution is -2.36. The minimum absolute atomic E-state index is 0.00403. The van der Waals surface area contributed by atoms with Crippen LogP contribution in [0.3, 0.4) is 0 Å². The highest BCUT2D eigenvalue weighted by molar-refractivity contribution is 5.95. The third-order valence-electron chi connectivity index (χ3n) is 3.60. The molecule has 0 N–H and O–H groups in total. The fourth-order valence-electron chi connectivity index (χ4n) is 2.47. The number of rotatable bonds is 1. The summed E-state index contributed by atoms with van der Waals surface area (Å²) in [7, 11) is 1.90. The van der Waals surface area contributed by atoms with Gasteiger partial charge in [-0.1, -0.05) is 37.0 Å². The molecule has 0 aliphatic carbocycles. The molecule has 1 atom stereocenters. The Morgan fingerprint density at radius 3 is 2.41 bits per heavy atom. The van der Waals surface area contributed by atoms with Crippen LogP contribution < -0.4 is 5.01 Å². The van der Waals surface area contributed by atoms with Crippen molar-refractivity contribution in [1.29, 1.82) is 0 Å². The van der Waals surface area contributed by atoms with Crippen molar-refractivity contribution >= 4 is 11.7 Å². The van der Waals surface area contributed by atoms with Crippen molar-refractivity contribution in [2.75, 3.05) is 18.6 Å². The summed E-state index contributed by atoms with van der Waals surface area (Å²) in [6.07, 6.45) is 1.70. The molecule has 1 aliphatic heterocycles. The van der Waals surface area contributed by atoms with Crippen molar-refractivity contribution in [3.8, 4) is 11.8 Å². The Morgan fingerprint density at radius 1 is 1.09 bits per heavy atom. The Hall–Kier alpha value is -2.64. The Morgan fingerprint density at radius 2 is 1.82 bits per heavy atom. The van der Waals surface area contributed by atoms with E-state index in [9.17, 15) is 4.79 Å². The maximum Gasteiger partial charge on any atom is 0.247 e. The summed E-state index contributed by atoms with van der Waals surface area (Å²) in [6, 6.07) is 13.5. The van der Waals surface area contributed by atoms with Gasteiger partial charge in [0.25, 0.3) is 0 Å². The van der Waals surface area contributed by atoms with Crippen molar-refractivity contribution in [3.63, 3.8) is 0 Å². The van der Waals surface area contributed by atoms with E-state index < -0.39 is 0 Å². The van der Waals surface area contributed by atoms with Crippen molar-refractivity contribution in [2.45, 2.75) is 6.92 Å². The van der Waals surface area contributed by atoms with Crippen LogP contribution in [0.5, 0.6) is 0 Å². The normalized spacial score (nSPS) is 18.2. The number of benzene rings is 1. The van der Waals surface area contributed by atoms with Crippen LogP contribution in [0.4, 0.5) is 5.82 Å². The van der Waals surface area contributed by atoms with Gasteiger partial charge in [0.2, 0.25) is 5.91 Å². The number of hydrogen-bond acceptors (Lipinski definition) is 3. The molecule has 1 saturated heterocycles. The first-order valence-corrected chi connectivity index (χ1v) is 7.23. The Balaban J connectivity index is 1.79. The standard InChI is InChI=1S/C18H17N3O/c1-14-13-20(2)21(18(14)22)17-11-10-16(12-19-17)9-8-15-6-4-3-5-7-15/h3-7,10-12,14H,13H2,1-2H3. The molecule has 2 heterocycles. The van der Waals surface area contributed by atoms with Gasteiger partial charge in [-0.15, -0.1) is 0 Å². The fraction of sp³-hybridized carbons (Fsp3) is 0.222. The predicted molar refractivity (Wildman–Crippen MR) is 85.9 cm³/mol. The lowest BCUT2D eigenvalue weighted by Gasteiger charge is -2.22. The first kappa shape index (κ1) is 14.3. The molecule has 4 heteroatoms. The number of anilines is 1. The van der Waals surface area contributed by atoms with Gasteiger partial charge >= 0.3 is 0 Å². The number of carbonyl (C=O) groups is 1. The van der Waals surface area contributed by atoms with E-state index in [1.165, 1.54) is 0 Å². The molecule has 1 aliphatic rings. The number of nitrogens with zero attached hydrogens (tertiary/aromatic N) is 3. The van der Waals surface area contributed by atoms with E-state index >= 15 is 0 Å². The van der Waals surface area contributed by atoms with Crippen LogP contribution in [0.25, 0.3) is 0 Å². The zero-order valence-electron chi connectivity index (χ0n) is 12.7. The molecule has 0 saturated carbocycles. The summed E-state index contributed by atoms with van der Waals surface area (Å²) in [4.78, 5) is 16.5. The highest BCUT2D eigenvalue weighted by Crippen LogP contribution is 2.22. The van der Waals surface area contributed by atoms with Gasteiger partial charge in [-0.05, 0) is 24.3 Å². The lowest BCUT2D eigenvalue weighted by atomic mass is 10.2. The number of aromatic nitrogens is 1. The molecular weight excluding hydrogens is 274 g/mol. The van der Waals surface area contributed by atoms with Crippen LogP contribution in [0.2, 0.25) is 0 Å². The second-order valence-corrected chi connectivity index (χ2v) is 5.41. The Labute approximate surface area is 130 Å². The van der Waals surface area contributed by atoms with Gasteiger partial charge in [0, 0.05) is 30.9 Å². The number of pyridine rings is 1. The van der Waals surface area contributed by atoms with E-state index in [1.54, 1.807) is 11.2 Å². The SMILES string of the molecule is CC1CN(C)N(c2ccc(C#Cc3ccccc3)cn2)C1=O. The van der Waals surface area contributed by atoms with Crippen molar-refractivity contribution in [2.24, 2.45) is 5.92 Å². The van der Waals surface area contributed by atoms with Gasteiger partial charge in [0.05, 0.1) is 5.92 Å². The minimum Gasteiger partial charge on any atom is -0.273 e. The van der Waals surface area contributed by atoms with Gasteiger partial charge in [-0.25, -0.2) is 15.0 Å². The van der Waals surface area contributed by atoms with Crippen molar-refractivity contribution in [1.82, 2.24) is 9.99 Å². The first-order valence-electron chi connectivity index (χ1n) is 7.23. The van der Waals surface area contributed by atoms with E-state index in [2.05, 4.69) is 16.8 Å². The Bertz CT molecular complexity index is 728. The summed E-state index contributed by atoms with van der Waals surface area (Å²) >= 11 is 0. The maximum atomic E-state index is 12.1. The smallest absolute Gasteiger partial charge is 0.247 e. The van der Waals surface area contributed by atoms with E-state index in [0.717, 1.165) is 17.7 Å². The largest absolute Gasteiger partial charge is 0.273 e. The number of carbonyl (C=O) groups excluding carboxylic acids is 1. The van der Waals surface area contributed by atoms with Gasteiger partial charge < -0.3 is 0 Å². The molecule has 0 bridgehead atoms. The predicted octanol–water partition coefficient (Wildman–Crippen LogP) is 2.31. The van der Waals surface area contributed by atoms with Gasteiger partial charge in [-0.2, -0.15) is 0 Å². The summed E-state index contributed by atoms with van der Waals surface area (Å²) in [6.45, 7) is 2.65. The highest BCUT2D eigenvalue weighted by Gasteiger charge is 2.34. The van der Waals surface area contributed by atoms with Gasteiger partial charge in [0.15, 0.2) is 0 Å². The second-order valence-electron chi connectivity index (χ2n) is 5.41. The maximum absolute atomic E-state index is 12.1. The molecule has 1 aromatic carbocycles. The molecule has 110 valence electrons. The average molecular weight is 291 g/mol. The van der Waals surface area contributed by atoms with Crippen LogP contribution >= 0.6 is 0 Å². The molecule has 4 nitrogen and oxygen atoms in total. The number of amides is 1. The summed E-state index contributed by atoms with van der Waals surface area (Å²) < 4.78 is 0. The van der Waals surface area contributed by atoms with Gasteiger partial charge in [0.1, 0.15) is 5.82 Å². The Kier molecular flexibility index (Phi) is 3.90. The molecule has 1 unspecified atom stereocenters. The van der Waals surface area contributed by atoms with E-state index in [1.807, 2.05) is 61.4 Å². The third kappa shape index (κ3) is 2.85. The molecular formula is C18H17N3O. The van der Waals surface area contributed by atoms with Crippen LogP contribution in [-0.4, -0.2) is 29.5 Å². The lowest BCUT2D eigenvalue weighted by molar-refractivity contribution is -0.120. The zero-order valence-corrected chi connectivity index (χ0v) is 12.7. The van der Waals surface area contributed by atoms with Crippen LogP contribution in [-0.2, 0) is 4.79 Å². The molecule has 2 aromatic rings. The number of hydrazine groups is 1. The molecule has 1 amide bonds. The fourth-order valence-corrected chi connectivity index (χ4v) is 2.47. The topological polar surface area (TPSA) is 36.4 Å². The van der Waals surface area contributed by atoms with Crippen molar-refractivity contribution in [3.05, 3.63) is 59.8 Å². The minimum atomic E-state index is 0.00403. The van der Waals surface area contributed by atoms with Crippen LogP contribution in [0.15, 0.2) is 48.7 Å². The third-order valence-corrected chi connectivity index (χ3v) is 3.60. The molecule has 3 rings (SSSR count). The van der Waals surface area contributed by atoms with Crippen molar-refractivity contribution < 1.29 is 4.79 Å². The van der Waals surface area contributed by atoms with E-state index in [-0.39, 0.29) is 11.8 Å². The number of hydrogen-bond donors (Lipinski definition) is 0. The summed E-state index contributed by atoms with van der Waals surface area (Å²) in [5.41, 5.74) is 1.80. The average Bonchev–Trinajstić information content (AvgIpc) is 2.80. The second kappa shape index (κ2) is 6.00. The van der Waals surface area contributed by atoms with Gasteiger partial charge in [-0.3, -0.25) is 4.79 Å². The molecule has 0 radical (unpaired) electrons. The molecule has 22 heavy (non-hydrogen) atoms. The molecule has 0 spiro atoms.